The van der Waals surface area contributed by atoms with Gasteiger partial charge in [0.2, 0.25) is 0 Å². The number of aliphatic hydroxyl groups is 1. The quantitative estimate of drug-likeness (QED) is 0.226. The topological polar surface area (TPSA) is 68.4 Å². The normalized spacial score (nSPS) is 17.8. The Balaban J connectivity index is 0.000000181. The van der Waals surface area contributed by atoms with Crippen LogP contribution in [0.4, 0.5) is 14.5 Å². The molecule has 5 rings (SSSR count). The van der Waals surface area contributed by atoms with Crippen LogP contribution >= 0.6 is 23.2 Å². The van der Waals surface area contributed by atoms with Gasteiger partial charge in [0.1, 0.15) is 5.69 Å². The van der Waals surface area contributed by atoms with Gasteiger partial charge in [0.25, 0.3) is 0 Å². The zero-order chi connectivity index (χ0) is 27.5. The van der Waals surface area contributed by atoms with E-state index < -0.39 is 23.2 Å². The maximum atomic E-state index is 14.1. The zero-order valence-electron chi connectivity index (χ0n) is 21.5. The van der Waals surface area contributed by atoms with Crippen molar-refractivity contribution in [2.24, 2.45) is 0 Å². The minimum Gasteiger partial charge on any atom is -0.478 e. The number of nitrogen functional groups attached to an aromatic ring is 1. The van der Waals surface area contributed by atoms with Gasteiger partial charge in [-0.25, -0.2) is 8.78 Å². The summed E-state index contributed by atoms with van der Waals surface area (Å²) >= 11 is 12.1. The number of pyridine rings is 1. The number of halogens is 4. The number of nitrogens with two attached hydrogens (primary N) is 1. The molecule has 0 radical (unpaired) electrons. The molecule has 3 N–H and O–H groups in total. The molecule has 3 aromatic rings. The van der Waals surface area contributed by atoms with E-state index in [9.17, 15) is 13.9 Å². The first-order chi connectivity index (χ1) is 18.0. The number of anilines is 1. The minimum atomic E-state index is -1.67. The summed E-state index contributed by atoms with van der Waals surface area (Å²) < 4.78 is 34.0. The molecule has 1 aromatic heterocycles. The van der Waals surface area contributed by atoms with Crippen molar-refractivity contribution >= 4 is 28.9 Å². The molecule has 2 aliphatic rings. The molecule has 38 heavy (non-hydrogen) atoms. The molecule has 0 aliphatic heterocycles. The van der Waals surface area contributed by atoms with Gasteiger partial charge < -0.3 is 15.6 Å². The van der Waals surface area contributed by atoms with Gasteiger partial charge in [-0.05, 0) is 81.7 Å². The Bertz CT molecular complexity index is 1300. The highest BCUT2D eigenvalue weighted by molar-refractivity contribution is 6.34. The summed E-state index contributed by atoms with van der Waals surface area (Å²) in [6, 6.07) is 13.4. The van der Waals surface area contributed by atoms with Crippen molar-refractivity contribution in [1.82, 2.24) is 4.98 Å². The average molecular weight is 562 g/mol. The van der Waals surface area contributed by atoms with Crippen LogP contribution in [0.1, 0.15) is 62.8 Å². The van der Waals surface area contributed by atoms with Crippen molar-refractivity contribution in [2.75, 3.05) is 5.73 Å². The number of aliphatic hydroxyl groups excluding tert-OH is 1. The van der Waals surface area contributed by atoms with E-state index in [-0.39, 0.29) is 5.75 Å². The fourth-order valence-corrected chi connectivity index (χ4v) is 4.74. The summed E-state index contributed by atoms with van der Waals surface area (Å²) in [5.74, 6) is -0.344. The highest BCUT2D eigenvalue weighted by Crippen LogP contribution is 2.47. The summed E-state index contributed by atoms with van der Waals surface area (Å²) in [5, 5.41) is 10.3. The van der Waals surface area contributed by atoms with E-state index in [1.165, 1.54) is 56.2 Å². The Morgan fingerprint density at radius 3 is 2.37 bits per heavy atom. The minimum absolute atomic E-state index is 0.150. The molecule has 2 unspecified atom stereocenters. The third-order valence-electron chi connectivity index (χ3n) is 7.13. The zero-order valence-corrected chi connectivity index (χ0v) is 23.0. The van der Waals surface area contributed by atoms with E-state index >= 15 is 0 Å². The fraction of sp³-hybridized carbons (Fsp3) is 0.367. The van der Waals surface area contributed by atoms with Gasteiger partial charge in [-0.3, -0.25) is 4.98 Å². The molecule has 0 amide bonds. The lowest BCUT2D eigenvalue weighted by Crippen LogP contribution is -2.41. The van der Waals surface area contributed by atoms with Crippen molar-refractivity contribution in [2.45, 2.75) is 69.7 Å². The highest BCUT2D eigenvalue weighted by atomic mass is 35.5. The summed E-state index contributed by atoms with van der Waals surface area (Å²) in [7, 11) is 0. The predicted octanol–water partition coefficient (Wildman–Crippen LogP) is 8.08. The van der Waals surface area contributed by atoms with Crippen LogP contribution in [0.2, 0.25) is 10.0 Å². The van der Waals surface area contributed by atoms with E-state index in [1.54, 1.807) is 24.3 Å². The van der Waals surface area contributed by atoms with Gasteiger partial charge in [0, 0.05) is 18.0 Å². The van der Waals surface area contributed by atoms with Crippen molar-refractivity contribution in [3.63, 3.8) is 0 Å². The monoisotopic (exact) mass is 560 g/mol. The lowest BCUT2D eigenvalue weighted by molar-refractivity contribution is -0.0190. The molecule has 1 heterocycles. The molecule has 2 saturated carbocycles. The third-order valence-corrected chi connectivity index (χ3v) is 7.62. The van der Waals surface area contributed by atoms with Crippen molar-refractivity contribution in [3.8, 4) is 5.75 Å². The van der Waals surface area contributed by atoms with Crippen molar-refractivity contribution in [1.29, 1.82) is 0 Å². The van der Waals surface area contributed by atoms with E-state index in [2.05, 4.69) is 11.1 Å². The van der Waals surface area contributed by atoms with Crippen molar-refractivity contribution in [3.05, 3.63) is 99.1 Å². The first-order valence-corrected chi connectivity index (χ1v) is 13.5. The van der Waals surface area contributed by atoms with Crippen LogP contribution in [0.5, 0.6) is 5.75 Å². The number of allylic oxidation sites excluding steroid dienone is 2. The average Bonchev–Trinajstić information content (AvgIpc) is 3.67. The maximum Gasteiger partial charge on any atom is 0.167 e. The van der Waals surface area contributed by atoms with Gasteiger partial charge in [-0.15, -0.1) is 0 Å². The van der Waals surface area contributed by atoms with Gasteiger partial charge in [-0.1, -0.05) is 59.1 Å². The maximum absolute atomic E-state index is 14.1. The summed E-state index contributed by atoms with van der Waals surface area (Å²) in [6.45, 7) is 2.89. The molecule has 2 atom stereocenters. The SMILES string of the molecule is CC(O)C(C)(F)c1ccc(CC=C2CC2)cc1.Nc1ccc(OC2(c3ncc(Cl)cc3Cl)CCC2)c(F)c1. The number of alkyl halides is 1. The number of aromatic nitrogens is 1. The Morgan fingerprint density at radius 2 is 1.84 bits per heavy atom. The van der Waals surface area contributed by atoms with Gasteiger partial charge in [-0.2, -0.15) is 0 Å². The molecular formula is C30H32Cl2F2N2O2. The second-order valence-corrected chi connectivity index (χ2v) is 11.0. The van der Waals surface area contributed by atoms with Gasteiger partial charge in [0.15, 0.2) is 22.8 Å². The van der Waals surface area contributed by atoms with Crippen LogP contribution < -0.4 is 10.5 Å². The standard InChI is InChI=1S/C15H13Cl2FN2O.C15H19FO/c16-9-6-11(17)14(20-8-9)15(4-1-5-15)21-13-3-2-10(19)7-12(13)18;1-11(17)15(2,16)14-9-7-13(8-10-14)6-5-12-3-4-12/h2-3,6-8H,1,4-5,19H2;5,7-11,17H,3-4,6H2,1-2H3. The van der Waals surface area contributed by atoms with Gasteiger partial charge in [0.05, 0.1) is 16.1 Å². The Labute approximate surface area is 232 Å². The smallest absolute Gasteiger partial charge is 0.167 e. The number of ether oxygens (including phenoxy) is 1. The Morgan fingerprint density at radius 1 is 1.16 bits per heavy atom. The summed E-state index contributed by atoms with van der Waals surface area (Å²) in [6.07, 6.45) is 8.60. The fourth-order valence-electron chi connectivity index (χ4n) is 4.19. The largest absolute Gasteiger partial charge is 0.478 e. The second kappa shape index (κ2) is 11.6. The van der Waals surface area contributed by atoms with Crippen LogP contribution in [-0.4, -0.2) is 16.2 Å². The molecule has 2 fully saturated rings. The van der Waals surface area contributed by atoms with Gasteiger partial charge >= 0.3 is 0 Å². The van der Waals surface area contributed by atoms with E-state index in [0.29, 0.717) is 27.0 Å². The molecule has 8 heteroatoms. The molecule has 202 valence electrons. The van der Waals surface area contributed by atoms with Crippen LogP contribution in [0.25, 0.3) is 0 Å². The number of rotatable bonds is 7. The Hall–Kier alpha value is -2.67. The molecule has 0 saturated heterocycles. The summed E-state index contributed by atoms with van der Waals surface area (Å²) in [4.78, 5) is 4.28. The lowest BCUT2D eigenvalue weighted by atomic mass is 9.77. The number of hydrogen-bond donors (Lipinski definition) is 2. The second-order valence-electron chi connectivity index (χ2n) is 10.1. The number of nitrogens with zero attached hydrogens (tertiary/aromatic N) is 1. The van der Waals surface area contributed by atoms with Crippen LogP contribution in [0.15, 0.2) is 66.4 Å². The van der Waals surface area contributed by atoms with Crippen LogP contribution in [-0.2, 0) is 17.7 Å². The molecule has 0 bridgehead atoms. The highest BCUT2D eigenvalue weighted by Gasteiger charge is 2.44. The summed E-state index contributed by atoms with van der Waals surface area (Å²) in [5.41, 5.74) is 7.37. The van der Waals surface area contributed by atoms with Crippen LogP contribution in [0, 0.1) is 5.82 Å². The number of hydrogen-bond acceptors (Lipinski definition) is 4. The third kappa shape index (κ3) is 6.66. The number of benzene rings is 2. The first-order valence-electron chi connectivity index (χ1n) is 12.7. The molecule has 4 nitrogen and oxygen atoms in total. The lowest BCUT2D eigenvalue weighted by Gasteiger charge is -2.41. The Kier molecular flexibility index (Phi) is 8.65. The van der Waals surface area contributed by atoms with Crippen LogP contribution in [0.3, 0.4) is 0 Å². The predicted molar refractivity (Wildman–Crippen MR) is 149 cm³/mol. The van der Waals surface area contributed by atoms with Crippen molar-refractivity contribution < 1.29 is 18.6 Å². The van der Waals surface area contributed by atoms with E-state index in [4.69, 9.17) is 33.7 Å². The first kappa shape index (κ1) is 28.3. The van der Waals surface area contributed by atoms with E-state index in [1.807, 2.05) is 12.1 Å². The molecule has 2 aliphatic carbocycles. The van der Waals surface area contributed by atoms with E-state index in [0.717, 1.165) is 25.7 Å². The molecule has 2 aromatic carbocycles. The molecule has 0 spiro atoms. The molecular weight excluding hydrogens is 529 g/mol.